The quantitative estimate of drug-likeness (QED) is 0.317. The van der Waals surface area contributed by atoms with Crippen molar-refractivity contribution in [3.63, 3.8) is 0 Å². The highest BCUT2D eigenvalue weighted by Crippen LogP contribution is 2.23. The normalized spacial score (nSPS) is 11.7. The van der Waals surface area contributed by atoms with Gasteiger partial charge in [-0.15, -0.1) is 0 Å². The molecule has 1 aromatic heterocycles. The van der Waals surface area contributed by atoms with E-state index in [1.807, 2.05) is 49.4 Å². The summed E-state index contributed by atoms with van der Waals surface area (Å²) in [5, 5.41) is 1.11. The second-order valence-corrected chi connectivity index (χ2v) is 9.24. The lowest BCUT2D eigenvalue weighted by atomic mass is 10.2. The maximum atomic E-state index is 13.2. The number of benzene rings is 2. The molecule has 3 rings (SSSR count). The molecule has 0 aliphatic heterocycles. The number of sulfonamides is 1. The third-order valence-electron chi connectivity index (χ3n) is 4.07. The first-order chi connectivity index (χ1) is 13.9. The van der Waals surface area contributed by atoms with Crippen molar-refractivity contribution in [2.24, 2.45) is 0 Å². The lowest BCUT2D eigenvalue weighted by Gasteiger charge is -2.14. The van der Waals surface area contributed by atoms with E-state index >= 15 is 0 Å². The largest absolute Gasteiger partial charge is 0.494 e. The third-order valence-corrected chi connectivity index (χ3v) is 5.82. The van der Waals surface area contributed by atoms with E-state index in [2.05, 4.69) is 9.71 Å². The van der Waals surface area contributed by atoms with Gasteiger partial charge < -0.3 is 4.74 Å². The molecule has 0 radical (unpaired) electrons. The van der Waals surface area contributed by atoms with Crippen LogP contribution in [0.3, 0.4) is 0 Å². The van der Waals surface area contributed by atoms with E-state index in [-0.39, 0.29) is 5.56 Å². The van der Waals surface area contributed by atoms with E-state index in [1.54, 1.807) is 10.6 Å². The summed E-state index contributed by atoms with van der Waals surface area (Å²) in [4.78, 5) is 17.8. The molecule has 0 bridgehead atoms. The topological polar surface area (TPSA) is 90.3 Å². The van der Waals surface area contributed by atoms with Crippen molar-refractivity contribution in [2.75, 3.05) is 25.2 Å². The number of nitrogens with one attached hydrogen (secondary N) is 1. The van der Waals surface area contributed by atoms with Gasteiger partial charge >= 0.3 is 0 Å². The number of para-hydroxylation sites is 1. The van der Waals surface area contributed by atoms with Gasteiger partial charge in [0.05, 0.1) is 29.5 Å². The van der Waals surface area contributed by atoms with Crippen molar-refractivity contribution in [1.29, 1.82) is 0 Å². The number of thioether (sulfide) groups is 1. The molecule has 3 aromatic rings. The van der Waals surface area contributed by atoms with E-state index in [1.165, 1.54) is 11.8 Å². The Balaban J connectivity index is 1.92. The number of rotatable bonds is 9. The van der Waals surface area contributed by atoms with E-state index in [4.69, 9.17) is 4.74 Å². The van der Waals surface area contributed by atoms with E-state index in [0.717, 1.165) is 12.0 Å². The smallest absolute Gasteiger partial charge is 0.266 e. The van der Waals surface area contributed by atoms with Gasteiger partial charge in [-0.25, -0.2) is 18.1 Å². The van der Waals surface area contributed by atoms with Crippen LogP contribution in [0, 0.1) is 0 Å². The number of aromatic nitrogens is 2. The highest BCUT2D eigenvalue weighted by atomic mass is 32.2. The van der Waals surface area contributed by atoms with Gasteiger partial charge in [0.25, 0.3) is 5.56 Å². The third kappa shape index (κ3) is 5.59. The number of fused-ring (bicyclic) bond motifs is 1. The molecule has 7 nitrogen and oxygen atoms in total. The first-order valence-electron chi connectivity index (χ1n) is 9.21. The molecule has 0 saturated carbocycles. The van der Waals surface area contributed by atoms with Crippen molar-refractivity contribution in [2.45, 2.75) is 18.5 Å². The van der Waals surface area contributed by atoms with E-state index < -0.39 is 10.0 Å². The Bertz CT molecular complexity index is 1140. The van der Waals surface area contributed by atoms with Crippen LogP contribution < -0.4 is 15.0 Å². The summed E-state index contributed by atoms with van der Waals surface area (Å²) in [6.45, 7) is 2.82. The number of nitrogens with zero attached hydrogens (tertiary/aromatic N) is 2. The molecule has 0 aliphatic carbocycles. The number of hydrogen-bond acceptors (Lipinski definition) is 6. The molecule has 29 heavy (non-hydrogen) atoms. The van der Waals surface area contributed by atoms with E-state index in [0.29, 0.717) is 47.1 Å². The van der Waals surface area contributed by atoms with Gasteiger partial charge in [0.2, 0.25) is 10.0 Å². The molecule has 1 N–H and O–H groups in total. The Morgan fingerprint density at radius 3 is 2.55 bits per heavy atom. The second-order valence-electron chi connectivity index (χ2n) is 6.35. The van der Waals surface area contributed by atoms with Crippen LogP contribution in [0.15, 0.2) is 58.5 Å². The molecule has 0 amide bonds. The Morgan fingerprint density at radius 1 is 1.14 bits per heavy atom. The fraction of sp³-hybridized carbons (Fsp3) is 0.300. The Hall–Kier alpha value is -2.36. The lowest BCUT2D eigenvalue weighted by molar-refractivity contribution is 0.340. The average molecular weight is 434 g/mol. The Morgan fingerprint density at radius 2 is 1.86 bits per heavy atom. The summed E-state index contributed by atoms with van der Waals surface area (Å²) < 4.78 is 31.9. The standard InChI is InChI=1S/C20H23N3O4S2/c1-3-27-16-11-9-15(10-12-16)23-19(24)17-7-4-5-8-18(17)22-20(23)28-14-6-13-21-29(2,25)26/h4-5,7-12,21H,3,6,13-14H2,1-2H3. The summed E-state index contributed by atoms with van der Waals surface area (Å²) in [6, 6.07) is 14.6. The minimum Gasteiger partial charge on any atom is -0.494 e. The number of ether oxygens (including phenoxy) is 1. The summed E-state index contributed by atoms with van der Waals surface area (Å²) in [7, 11) is -3.21. The molecule has 0 aliphatic rings. The van der Waals surface area contributed by atoms with Crippen molar-refractivity contribution in [3.8, 4) is 11.4 Å². The van der Waals surface area contributed by atoms with Crippen LogP contribution in [-0.4, -0.2) is 43.1 Å². The predicted molar refractivity (Wildman–Crippen MR) is 117 cm³/mol. The minimum atomic E-state index is -3.21. The van der Waals surface area contributed by atoms with Crippen LogP contribution in [0.25, 0.3) is 16.6 Å². The van der Waals surface area contributed by atoms with Gasteiger partial charge in [-0.2, -0.15) is 0 Å². The summed E-state index contributed by atoms with van der Waals surface area (Å²) in [5.41, 5.74) is 1.20. The zero-order valence-corrected chi connectivity index (χ0v) is 17.9. The zero-order chi connectivity index (χ0) is 20.9. The van der Waals surface area contributed by atoms with Crippen LogP contribution in [-0.2, 0) is 10.0 Å². The van der Waals surface area contributed by atoms with Crippen molar-refractivity contribution in [3.05, 3.63) is 58.9 Å². The molecule has 0 saturated heterocycles. The molecular weight excluding hydrogens is 410 g/mol. The molecule has 9 heteroatoms. The molecule has 0 atom stereocenters. The maximum Gasteiger partial charge on any atom is 0.266 e. The molecule has 154 valence electrons. The van der Waals surface area contributed by atoms with Crippen molar-refractivity contribution in [1.82, 2.24) is 14.3 Å². The van der Waals surface area contributed by atoms with Crippen LogP contribution in [0.5, 0.6) is 5.75 Å². The fourth-order valence-corrected chi connectivity index (χ4v) is 4.25. The first-order valence-corrected chi connectivity index (χ1v) is 12.1. The predicted octanol–water partition coefficient (Wildman–Crippen LogP) is 2.82. The lowest BCUT2D eigenvalue weighted by Crippen LogP contribution is -2.24. The van der Waals surface area contributed by atoms with Gasteiger partial charge in [0, 0.05) is 12.3 Å². The molecule has 1 heterocycles. The molecule has 0 unspecified atom stereocenters. The molecule has 0 fully saturated rings. The Labute approximate surface area is 174 Å². The highest BCUT2D eigenvalue weighted by Gasteiger charge is 2.13. The van der Waals surface area contributed by atoms with Crippen LogP contribution in [0.2, 0.25) is 0 Å². The average Bonchev–Trinajstić information content (AvgIpc) is 2.68. The van der Waals surface area contributed by atoms with Gasteiger partial charge in [-0.3, -0.25) is 9.36 Å². The summed E-state index contributed by atoms with van der Waals surface area (Å²) >= 11 is 1.42. The summed E-state index contributed by atoms with van der Waals surface area (Å²) in [6.07, 6.45) is 1.75. The monoisotopic (exact) mass is 433 g/mol. The van der Waals surface area contributed by atoms with Crippen LogP contribution >= 0.6 is 11.8 Å². The number of hydrogen-bond donors (Lipinski definition) is 1. The van der Waals surface area contributed by atoms with Gasteiger partial charge in [0.1, 0.15) is 5.75 Å². The first kappa shape index (κ1) is 21.4. The minimum absolute atomic E-state index is 0.142. The SMILES string of the molecule is CCOc1ccc(-n2c(SCCCNS(C)(=O)=O)nc3ccccc3c2=O)cc1. The molecule has 0 spiro atoms. The fourth-order valence-electron chi connectivity index (χ4n) is 2.79. The highest BCUT2D eigenvalue weighted by molar-refractivity contribution is 7.99. The van der Waals surface area contributed by atoms with Gasteiger partial charge in [-0.05, 0) is 49.7 Å². The molecule has 2 aromatic carbocycles. The maximum absolute atomic E-state index is 13.2. The zero-order valence-electron chi connectivity index (χ0n) is 16.3. The summed E-state index contributed by atoms with van der Waals surface area (Å²) in [5.74, 6) is 1.35. The molecular formula is C20H23N3O4S2. The van der Waals surface area contributed by atoms with Crippen LogP contribution in [0.1, 0.15) is 13.3 Å². The van der Waals surface area contributed by atoms with Crippen LogP contribution in [0.4, 0.5) is 0 Å². The Kier molecular flexibility index (Phi) is 6.94. The van der Waals surface area contributed by atoms with Crippen molar-refractivity contribution >= 4 is 32.7 Å². The van der Waals surface area contributed by atoms with E-state index in [9.17, 15) is 13.2 Å². The van der Waals surface area contributed by atoms with Crippen molar-refractivity contribution < 1.29 is 13.2 Å². The van der Waals surface area contributed by atoms with Gasteiger partial charge in [-0.1, -0.05) is 23.9 Å². The van der Waals surface area contributed by atoms with Gasteiger partial charge in [0.15, 0.2) is 5.16 Å². The second kappa shape index (κ2) is 9.43.